The molecule has 1 amide bonds. The number of amides is 1. The maximum atomic E-state index is 12.9. The third-order valence-electron chi connectivity index (χ3n) is 3.32. The van der Waals surface area contributed by atoms with Crippen LogP contribution in [0.2, 0.25) is 0 Å². The van der Waals surface area contributed by atoms with E-state index in [1.807, 2.05) is 0 Å². The van der Waals surface area contributed by atoms with Gasteiger partial charge in [-0.25, -0.2) is 0 Å². The summed E-state index contributed by atoms with van der Waals surface area (Å²) in [6.07, 6.45) is -1.34. The van der Waals surface area contributed by atoms with E-state index in [1.165, 1.54) is 6.26 Å². The highest BCUT2D eigenvalue weighted by Crippen LogP contribution is 2.31. The fourth-order valence-electron chi connectivity index (χ4n) is 2.18. The predicted octanol–water partition coefficient (Wildman–Crippen LogP) is 4.61. The van der Waals surface area contributed by atoms with Crippen molar-refractivity contribution < 1.29 is 22.4 Å². The molecule has 0 aliphatic heterocycles. The predicted molar refractivity (Wildman–Crippen MR) is 81.3 cm³/mol. The highest BCUT2D eigenvalue weighted by atomic mass is 19.4. The fraction of sp³-hybridized carbons (Fsp3) is 0.0588. The third-order valence-corrected chi connectivity index (χ3v) is 3.32. The molecule has 4 nitrogen and oxygen atoms in total. The molecule has 3 rings (SSSR count). The lowest BCUT2D eigenvalue weighted by atomic mass is 10.1. The number of furan rings is 1. The van der Waals surface area contributed by atoms with Crippen molar-refractivity contribution in [2.24, 2.45) is 0 Å². The molecule has 2 aromatic heterocycles. The van der Waals surface area contributed by atoms with Crippen LogP contribution < -0.4 is 5.32 Å². The highest BCUT2D eigenvalue weighted by Gasteiger charge is 2.35. The van der Waals surface area contributed by atoms with Crippen molar-refractivity contribution in [2.75, 3.05) is 5.32 Å². The largest absolute Gasteiger partial charge is 0.464 e. The van der Waals surface area contributed by atoms with E-state index in [-0.39, 0.29) is 0 Å². The molecule has 0 atom stereocenters. The number of carbonyl (C=O) groups excluding carboxylic acids is 1. The molecule has 0 unspecified atom stereocenters. The van der Waals surface area contributed by atoms with Gasteiger partial charge in [-0.05, 0) is 42.5 Å². The van der Waals surface area contributed by atoms with Gasteiger partial charge >= 0.3 is 6.18 Å². The van der Waals surface area contributed by atoms with Crippen molar-refractivity contribution in [3.8, 4) is 11.3 Å². The van der Waals surface area contributed by atoms with E-state index in [0.717, 1.165) is 17.8 Å². The van der Waals surface area contributed by atoms with E-state index < -0.39 is 23.2 Å². The first kappa shape index (κ1) is 15.8. The number of hydrogen-bond donors (Lipinski definition) is 1. The Morgan fingerprint density at radius 2 is 1.83 bits per heavy atom. The number of rotatable bonds is 3. The first-order valence-electron chi connectivity index (χ1n) is 6.91. The van der Waals surface area contributed by atoms with E-state index in [0.29, 0.717) is 17.6 Å². The molecule has 2 heterocycles. The van der Waals surface area contributed by atoms with Crippen LogP contribution in [0.5, 0.6) is 0 Å². The van der Waals surface area contributed by atoms with E-state index in [9.17, 15) is 18.0 Å². The van der Waals surface area contributed by atoms with Crippen LogP contribution >= 0.6 is 0 Å². The van der Waals surface area contributed by atoms with E-state index >= 15 is 0 Å². The number of aromatic nitrogens is 1. The summed E-state index contributed by atoms with van der Waals surface area (Å²) in [5.74, 6) is -0.197. The van der Waals surface area contributed by atoms with Gasteiger partial charge in [0.1, 0.15) is 5.76 Å². The van der Waals surface area contributed by atoms with E-state index in [4.69, 9.17) is 4.42 Å². The van der Waals surface area contributed by atoms with E-state index in [2.05, 4.69) is 10.3 Å². The lowest BCUT2D eigenvalue weighted by Gasteiger charge is -2.12. The standard InChI is InChI=1S/C17H11F3N2O2/c18-17(19,20)14-10-21-8-7-13(14)16(23)22-12-5-3-11(4-6-12)15-2-1-9-24-15/h1-10H,(H,22,23). The van der Waals surface area contributed by atoms with Crippen LogP contribution in [-0.2, 0) is 6.18 Å². The smallest absolute Gasteiger partial charge is 0.418 e. The second-order valence-electron chi connectivity index (χ2n) is 4.93. The van der Waals surface area contributed by atoms with Crippen LogP contribution in [0.1, 0.15) is 15.9 Å². The fourth-order valence-corrected chi connectivity index (χ4v) is 2.18. The third kappa shape index (κ3) is 3.29. The first-order valence-corrected chi connectivity index (χ1v) is 6.91. The minimum atomic E-state index is -4.65. The Hall–Kier alpha value is -3.09. The molecule has 0 saturated carbocycles. The molecular weight excluding hydrogens is 321 g/mol. The van der Waals surface area contributed by atoms with Crippen LogP contribution in [0.15, 0.2) is 65.5 Å². The molecular formula is C17H11F3N2O2. The normalized spacial score (nSPS) is 11.3. The quantitative estimate of drug-likeness (QED) is 0.762. The minimum absolute atomic E-state index is 0.375. The Bertz CT molecular complexity index is 841. The molecule has 0 bridgehead atoms. The summed E-state index contributed by atoms with van der Waals surface area (Å²) in [6.45, 7) is 0. The van der Waals surface area contributed by atoms with Crippen LogP contribution in [0.3, 0.4) is 0 Å². The number of nitrogens with zero attached hydrogens (tertiary/aromatic N) is 1. The van der Waals surface area contributed by atoms with Crippen molar-refractivity contribution in [1.29, 1.82) is 0 Å². The van der Waals surface area contributed by atoms with Crippen molar-refractivity contribution in [3.05, 3.63) is 72.2 Å². The molecule has 0 spiro atoms. The van der Waals surface area contributed by atoms with Gasteiger partial charge in [-0.2, -0.15) is 13.2 Å². The molecule has 0 radical (unpaired) electrons. The number of pyridine rings is 1. The van der Waals surface area contributed by atoms with Gasteiger partial charge in [-0.15, -0.1) is 0 Å². The van der Waals surface area contributed by atoms with Crippen LogP contribution in [0, 0.1) is 0 Å². The van der Waals surface area contributed by atoms with Gasteiger partial charge in [0.15, 0.2) is 0 Å². The SMILES string of the molecule is O=C(Nc1ccc(-c2ccco2)cc1)c1ccncc1C(F)(F)F. The summed E-state index contributed by atoms with van der Waals surface area (Å²) in [7, 11) is 0. The Balaban J connectivity index is 1.81. The summed E-state index contributed by atoms with van der Waals surface area (Å²) in [5, 5.41) is 2.45. The molecule has 3 aromatic rings. The molecule has 7 heteroatoms. The van der Waals surface area contributed by atoms with Gasteiger partial charge in [0.25, 0.3) is 5.91 Å². The Kier molecular flexibility index (Phi) is 4.07. The molecule has 0 saturated heterocycles. The molecule has 122 valence electrons. The number of benzene rings is 1. The van der Waals surface area contributed by atoms with Crippen LogP contribution in [0.25, 0.3) is 11.3 Å². The Morgan fingerprint density at radius 3 is 2.46 bits per heavy atom. The van der Waals surface area contributed by atoms with Crippen molar-refractivity contribution >= 4 is 11.6 Å². The van der Waals surface area contributed by atoms with Crippen molar-refractivity contribution in [1.82, 2.24) is 4.98 Å². The number of halogens is 3. The maximum Gasteiger partial charge on any atom is 0.418 e. The minimum Gasteiger partial charge on any atom is -0.464 e. The average Bonchev–Trinajstić information content (AvgIpc) is 3.09. The molecule has 1 aromatic carbocycles. The second-order valence-corrected chi connectivity index (χ2v) is 4.93. The Labute approximate surface area is 134 Å². The number of hydrogen-bond acceptors (Lipinski definition) is 3. The van der Waals surface area contributed by atoms with Gasteiger partial charge in [0, 0.05) is 23.6 Å². The topological polar surface area (TPSA) is 55.1 Å². The summed E-state index contributed by atoms with van der Waals surface area (Å²) in [4.78, 5) is 15.6. The lowest BCUT2D eigenvalue weighted by Crippen LogP contribution is -2.19. The summed E-state index contributed by atoms with van der Waals surface area (Å²) in [6, 6.07) is 11.1. The number of nitrogens with one attached hydrogen (secondary N) is 1. The summed E-state index contributed by atoms with van der Waals surface area (Å²) < 4.78 is 44.0. The summed E-state index contributed by atoms with van der Waals surface area (Å²) >= 11 is 0. The molecule has 24 heavy (non-hydrogen) atoms. The zero-order valence-corrected chi connectivity index (χ0v) is 12.2. The van der Waals surface area contributed by atoms with Crippen molar-refractivity contribution in [2.45, 2.75) is 6.18 Å². The summed E-state index contributed by atoms with van der Waals surface area (Å²) in [5.41, 5.74) is -0.388. The van der Waals surface area contributed by atoms with Crippen LogP contribution in [-0.4, -0.2) is 10.9 Å². The second kappa shape index (κ2) is 6.19. The van der Waals surface area contributed by atoms with Gasteiger partial charge < -0.3 is 9.73 Å². The van der Waals surface area contributed by atoms with Gasteiger partial charge in [0.2, 0.25) is 0 Å². The van der Waals surface area contributed by atoms with Crippen LogP contribution in [0.4, 0.5) is 18.9 Å². The van der Waals surface area contributed by atoms with E-state index in [1.54, 1.807) is 36.4 Å². The maximum absolute atomic E-state index is 12.9. The molecule has 1 N–H and O–H groups in total. The van der Waals surface area contributed by atoms with Gasteiger partial charge in [-0.3, -0.25) is 9.78 Å². The Morgan fingerprint density at radius 1 is 1.08 bits per heavy atom. The number of anilines is 1. The first-order chi connectivity index (χ1) is 11.4. The lowest BCUT2D eigenvalue weighted by molar-refractivity contribution is -0.138. The zero-order chi connectivity index (χ0) is 17.2. The average molecular weight is 332 g/mol. The molecule has 0 fully saturated rings. The number of carbonyl (C=O) groups is 1. The zero-order valence-electron chi connectivity index (χ0n) is 12.2. The highest BCUT2D eigenvalue weighted by molar-refractivity contribution is 6.05. The van der Waals surface area contributed by atoms with Gasteiger partial charge in [0.05, 0.1) is 17.4 Å². The van der Waals surface area contributed by atoms with Crippen molar-refractivity contribution in [3.63, 3.8) is 0 Å². The molecule has 0 aliphatic carbocycles. The molecule has 0 aliphatic rings. The number of alkyl halides is 3. The van der Waals surface area contributed by atoms with Gasteiger partial charge in [-0.1, -0.05) is 0 Å². The monoisotopic (exact) mass is 332 g/mol.